The van der Waals surface area contributed by atoms with Crippen LogP contribution in [0.2, 0.25) is 5.02 Å². The minimum atomic E-state index is -0.0360. The fourth-order valence-electron chi connectivity index (χ4n) is 1.93. The molecule has 2 rings (SSSR count). The summed E-state index contributed by atoms with van der Waals surface area (Å²) in [5.41, 5.74) is 1.70. The van der Waals surface area contributed by atoms with Crippen molar-refractivity contribution in [2.24, 2.45) is 0 Å². The molecule has 104 valence electrons. The Morgan fingerprint density at radius 3 is 2.25 bits per heavy atom. The standard InChI is InChI=1S/C16H15Cl2NO/c17-10-11-19(12-13-4-2-1-3-5-13)16(20)14-6-8-15(18)9-7-14/h1-9H,10-12H2. The summed E-state index contributed by atoms with van der Waals surface area (Å²) in [6, 6.07) is 16.8. The summed E-state index contributed by atoms with van der Waals surface area (Å²) in [7, 11) is 0. The SMILES string of the molecule is O=C(c1ccc(Cl)cc1)N(CCCl)Cc1ccccc1. The average Bonchev–Trinajstić information content (AvgIpc) is 2.48. The number of benzene rings is 2. The van der Waals surface area contributed by atoms with Gasteiger partial charge in [0, 0.05) is 29.6 Å². The summed E-state index contributed by atoms with van der Waals surface area (Å²) in [6.07, 6.45) is 0. The van der Waals surface area contributed by atoms with Gasteiger partial charge in [0.25, 0.3) is 5.91 Å². The minimum absolute atomic E-state index is 0.0360. The predicted molar refractivity (Wildman–Crippen MR) is 83.4 cm³/mol. The van der Waals surface area contributed by atoms with Crippen molar-refractivity contribution in [2.45, 2.75) is 6.54 Å². The molecule has 1 amide bonds. The first-order valence-corrected chi connectivity index (χ1v) is 7.26. The first-order chi connectivity index (χ1) is 9.70. The fraction of sp³-hybridized carbons (Fsp3) is 0.188. The third-order valence-electron chi connectivity index (χ3n) is 2.95. The first kappa shape index (κ1) is 14.9. The summed E-state index contributed by atoms with van der Waals surface area (Å²) < 4.78 is 0. The molecule has 0 aliphatic carbocycles. The Morgan fingerprint density at radius 1 is 1.00 bits per heavy atom. The van der Waals surface area contributed by atoms with Crippen LogP contribution < -0.4 is 0 Å². The molecule has 0 aliphatic rings. The maximum absolute atomic E-state index is 12.5. The van der Waals surface area contributed by atoms with Gasteiger partial charge in [-0.25, -0.2) is 0 Å². The van der Waals surface area contributed by atoms with Gasteiger partial charge in [-0.05, 0) is 29.8 Å². The van der Waals surface area contributed by atoms with E-state index in [-0.39, 0.29) is 5.91 Å². The van der Waals surface area contributed by atoms with Gasteiger partial charge in [0.05, 0.1) is 0 Å². The van der Waals surface area contributed by atoms with Crippen LogP contribution in [0.3, 0.4) is 0 Å². The van der Waals surface area contributed by atoms with Crippen LogP contribution in [-0.2, 0) is 6.54 Å². The number of carbonyl (C=O) groups excluding carboxylic acids is 1. The fourth-order valence-corrected chi connectivity index (χ4v) is 2.26. The summed E-state index contributed by atoms with van der Waals surface area (Å²) in [6.45, 7) is 1.06. The smallest absolute Gasteiger partial charge is 0.254 e. The monoisotopic (exact) mass is 307 g/mol. The molecule has 0 heterocycles. The van der Waals surface area contributed by atoms with Gasteiger partial charge in [-0.3, -0.25) is 4.79 Å². The molecule has 0 unspecified atom stereocenters. The molecule has 4 heteroatoms. The average molecular weight is 308 g/mol. The molecular weight excluding hydrogens is 293 g/mol. The number of amides is 1. The lowest BCUT2D eigenvalue weighted by molar-refractivity contribution is 0.0754. The van der Waals surface area contributed by atoms with Crippen molar-refractivity contribution in [1.29, 1.82) is 0 Å². The van der Waals surface area contributed by atoms with Gasteiger partial charge >= 0.3 is 0 Å². The zero-order valence-electron chi connectivity index (χ0n) is 10.9. The summed E-state index contributed by atoms with van der Waals surface area (Å²) in [5.74, 6) is 0.373. The van der Waals surface area contributed by atoms with Crippen LogP contribution >= 0.6 is 23.2 Å². The molecule has 0 N–H and O–H groups in total. The van der Waals surface area contributed by atoms with Crippen LogP contribution in [0, 0.1) is 0 Å². The molecule has 2 aromatic carbocycles. The van der Waals surface area contributed by atoms with Gasteiger partial charge in [0.15, 0.2) is 0 Å². The molecule has 2 aromatic rings. The number of alkyl halides is 1. The second-order valence-electron chi connectivity index (χ2n) is 4.41. The molecule has 0 aliphatic heterocycles. The molecule has 0 saturated carbocycles. The highest BCUT2D eigenvalue weighted by Crippen LogP contribution is 2.13. The first-order valence-electron chi connectivity index (χ1n) is 6.35. The minimum Gasteiger partial charge on any atom is -0.333 e. The van der Waals surface area contributed by atoms with E-state index in [4.69, 9.17) is 23.2 Å². The number of carbonyl (C=O) groups is 1. The number of rotatable bonds is 5. The van der Waals surface area contributed by atoms with E-state index in [1.165, 1.54) is 0 Å². The molecule has 2 nitrogen and oxygen atoms in total. The van der Waals surface area contributed by atoms with Crippen LogP contribution in [0.4, 0.5) is 0 Å². The lowest BCUT2D eigenvalue weighted by atomic mass is 10.1. The van der Waals surface area contributed by atoms with E-state index >= 15 is 0 Å². The molecule has 0 radical (unpaired) electrons. The van der Waals surface area contributed by atoms with Crippen molar-refractivity contribution in [3.8, 4) is 0 Å². The Labute approximate surface area is 128 Å². The number of halogens is 2. The topological polar surface area (TPSA) is 20.3 Å². The number of hydrogen-bond donors (Lipinski definition) is 0. The molecule has 20 heavy (non-hydrogen) atoms. The van der Waals surface area contributed by atoms with Crippen molar-refractivity contribution in [2.75, 3.05) is 12.4 Å². The van der Waals surface area contributed by atoms with E-state index in [1.807, 2.05) is 30.3 Å². The molecule has 0 bridgehead atoms. The van der Waals surface area contributed by atoms with Gasteiger partial charge in [0.1, 0.15) is 0 Å². The normalized spacial score (nSPS) is 10.3. The van der Waals surface area contributed by atoms with E-state index in [0.29, 0.717) is 29.6 Å². The van der Waals surface area contributed by atoms with E-state index in [2.05, 4.69) is 0 Å². The van der Waals surface area contributed by atoms with Gasteiger partial charge in [-0.15, -0.1) is 11.6 Å². The van der Waals surface area contributed by atoms with Crippen LogP contribution in [0.1, 0.15) is 15.9 Å². The molecule has 0 atom stereocenters. The highest BCUT2D eigenvalue weighted by Gasteiger charge is 2.15. The molecule has 0 aromatic heterocycles. The van der Waals surface area contributed by atoms with Crippen molar-refractivity contribution in [3.63, 3.8) is 0 Å². The van der Waals surface area contributed by atoms with Crippen molar-refractivity contribution >= 4 is 29.1 Å². The summed E-state index contributed by atoms with van der Waals surface area (Å²) in [5, 5.41) is 0.619. The van der Waals surface area contributed by atoms with Crippen LogP contribution in [-0.4, -0.2) is 23.2 Å². The van der Waals surface area contributed by atoms with E-state index < -0.39 is 0 Å². The second-order valence-corrected chi connectivity index (χ2v) is 5.22. The van der Waals surface area contributed by atoms with Gasteiger partial charge in [-0.1, -0.05) is 41.9 Å². The molecule has 0 fully saturated rings. The number of hydrogen-bond acceptors (Lipinski definition) is 1. The van der Waals surface area contributed by atoms with Crippen LogP contribution in [0.25, 0.3) is 0 Å². The highest BCUT2D eigenvalue weighted by molar-refractivity contribution is 6.30. The van der Waals surface area contributed by atoms with Crippen LogP contribution in [0.5, 0.6) is 0 Å². The third kappa shape index (κ3) is 3.99. The second kappa shape index (κ2) is 7.32. The van der Waals surface area contributed by atoms with Gasteiger partial charge in [0.2, 0.25) is 0 Å². The lowest BCUT2D eigenvalue weighted by Gasteiger charge is -2.22. The van der Waals surface area contributed by atoms with E-state index in [0.717, 1.165) is 5.56 Å². The zero-order valence-corrected chi connectivity index (χ0v) is 12.4. The Kier molecular flexibility index (Phi) is 5.45. The third-order valence-corrected chi connectivity index (χ3v) is 3.37. The van der Waals surface area contributed by atoms with Gasteiger partial charge < -0.3 is 4.90 Å². The lowest BCUT2D eigenvalue weighted by Crippen LogP contribution is -2.32. The molecular formula is C16H15Cl2NO. The Hall–Kier alpha value is -1.51. The van der Waals surface area contributed by atoms with E-state index in [9.17, 15) is 4.79 Å². The van der Waals surface area contributed by atoms with Crippen molar-refractivity contribution in [3.05, 3.63) is 70.7 Å². The number of nitrogens with zero attached hydrogens (tertiary/aromatic N) is 1. The maximum Gasteiger partial charge on any atom is 0.254 e. The zero-order chi connectivity index (χ0) is 14.4. The van der Waals surface area contributed by atoms with Crippen LogP contribution in [0.15, 0.2) is 54.6 Å². The Bertz CT molecular complexity index is 554. The van der Waals surface area contributed by atoms with Crippen molar-refractivity contribution in [1.82, 2.24) is 4.90 Å². The van der Waals surface area contributed by atoms with Gasteiger partial charge in [-0.2, -0.15) is 0 Å². The maximum atomic E-state index is 12.5. The Morgan fingerprint density at radius 2 is 1.65 bits per heavy atom. The summed E-state index contributed by atoms with van der Waals surface area (Å²) in [4.78, 5) is 14.2. The summed E-state index contributed by atoms with van der Waals surface area (Å²) >= 11 is 11.6. The quantitative estimate of drug-likeness (QED) is 0.757. The van der Waals surface area contributed by atoms with Crippen molar-refractivity contribution < 1.29 is 4.79 Å². The molecule has 0 saturated heterocycles. The largest absolute Gasteiger partial charge is 0.333 e. The predicted octanol–water partition coefficient (Wildman–Crippen LogP) is 4.22. The Balaban J connectivity index is 2.15. The molecule has 0 spiro atoms. The van der Waals surface area contributed by atoms with E-state index in [1.54, 1.807) is 29.2 Å². The highest BCUT2D eigenvalue weighted by atomic mass is 35.5.